The van der Waals surface area contributed by atoms with Crippen LogP contribution < -0.4 is 10.2 Å². The van der Waals surface area contributed by atoms with E-state index in [1.165, 1.54) is 0 Å². The van der Waals surface area contributed by atoms with Crippen molar-refractivity contribution in [2.24, 2.45) is 0 Å². The first kappa shape index (κ1) is 20.9. The molecule has 0 aliphatic rings. The van der Waals surface area contributed by atoms with Crippen molar-refractivity contribution in [3.05, 3.63) is 71.8 Å². The van der Waals surface area contributed by atoms with Crippen LogP contribution in [0.1, 0.15) is 20.7 Å². The van der Waals surface area contributed by atoms with Crippen molar-refractivity contribution >= 4 is 55.8 Å². The maximum Gasteiger partial charge on any atom is 2.00 e. The monoisotopic (exact) mass is 342 g/mol. The van der Waals surface area contributed by atoms with Gasteiger partial charge in [0.2, 0.25) is 0 Å². The topological polar surface area (TPSA) is 116 Å². The molecule has 0 aliphatic carbocycles. The predicted molar refractivity (Wildman–Crippen MR) is 74.9 cm³/mol. The van der Waals surface area contributed by atoms with Gasteiger partial charge in [0, 0.05) is 0 Å². The Bertz CT molecular complexity index is 573. The molecule has 23 heavy (non-hydrogen) atoms. The van der Waals surface area contributed by atoms with Crippen LogP contribution in [0.3, 0.4) is 0 Å². The van der Waals surface area contributed by atoms with E-state index in [-0.39, 0.29) is 37.7 Å². The van der Waals surface area contributed by atoms with Gasteiger partial charge in [-0.25, -0.2) is 19.4 Å². The summed E-state index contributed by atoms with van der Waals surface area (Å²) in [6, 6.07) is 16.6. The molecule has 0 unspecified atom stereocenters. The van der Waals surface area contributed by atoms with E-state index < -0.39 is 18.1 Å². The van der Waals surface area contributed by atoms with Crippen LogP contribution in [0.4, 0.5) is 4.79 Å². The van der Waals surface area contributed by atoms with Crippen LogP contribution in [0.15, 0.2) is 60.7 Å². The van der Waals surface area contributed by atoms with Crippen LogP contribution in [-0.2, 0) is 9.78 Å². The molecule has 0 bridgehead atoms. The molecule has 114 valence electrons. The van der Waals surface area contributed by atoms with Gasteiger partial charge in [0.15, 0.2) is 0 Å². The van der Waals surface area contributed by atoms with Crippen molar-refractivity contribution in [1.29, 1.82) is 0 Å². The van der Waals surface area contributed by atoms with Gasteiger partial charge in [-0.2, -0.15) is 0 Å². The fourth-order valence-electron chi connectivity index (χ4n) is 1.32. The smallest absolute Gasteiger partial charge is 0.652 e. The summed E-state index contributed by atoms with van der Waals surface area (Å²) in [6.07, 6.45) is -2.33. The van der Waals surface area contributed by atoms with E-state index in [9.17, 15) is 9.59 Å². The van der Waals surface area contributed by atoms with Crippen molar-refractivity contribution in [2.45, 2.75) is 0 Å². The third-order valence-electron chi connectivity index (χ3n) is 2.21. The zero-order chi connectivity index (χ0) is 16.4. The molecule has 0 spiro atoms. The van der Waals surface area contributed by atoms with Gasteiger partial charge in [0.05, 0.1) is 11.1 Å². The second-order valence-electron chi connectivity index (χ2n) is 3.72. The molecule has 0 saturated carbocycles. The minimum absolute atomic E-state index is 0. The summed E-state index contributed by atoms with van der Waals surface area (Å²) in [5.74, 6) is -1.42. The van der Waals surface area contributed by atoms with Gasteiger partial charge in [0.25, 0.3) is 0 Å². The molecule has 0 amide bonds. The van der Waals surface area contributed by atoms with Gasteiger partial charge in [0.1, 0.15) is 0 Å². The van der Waals surface area contributed by atoms with Gasteiger partial charge < -0.3 is 15.0 Å². The second kappa shape index (κ2) is 11.5. The average molecular weight is 342 g/mol. The standard InChI is InChI=1S/C14H10O4.CH2O3.Ca/c15-13(11-7-3-1-4-8-11)17-18-14(16)12-9-5-2-6-10-12;2-1(3)4;/h1-10H;(H2,2,3,4);/q;;+2/p-2. The van der Waals surface area contributed by atoms with E-state index in [0.717, 1.165) is 0 Å². The predicted octanol–water partition coefficient (Wildman–Crippen LogP) is -0.212. The molecule has 2 aromatic rings. The summed E-state index contributed by atoms with van der Waals surface area (Å²) >= 11 is 0. The number of carbonyl (C=O) groups excluding carboxylic acids is 3. The summed E-state index contributed by atoms with van der Waals surface area (Å²) in [5, 5.41) is 16.7. The van der Waals surface area contributed by atoms with Crippen molar-refractivity contribution in [2.75, 3.05) is 0 Å². The fourth-order valence-corrected chi connectivity index (χ4v) is 1.32. The average Bonchev–Trinajstić information content (AvgIpc) is 2.53. The van der Waals surface area contributed by atoms with Gasteiger partial charge in [-0.1, -0.05) is 36.4 Å². The number of hydrogen-bond acceptors (Lipinski definition) is 7. The molecule has 0 aliphatic heterocycles. The Morgan fingerprint density at radius 1 is 0.652 bits per heavy atom. The summed E-state index contributed by atoms with van der Waals surface area (Å²) < 4.78 is 0. The molecule has 7 nitrogen and oxygen atoms in total. The van der Waals surface area contributed by atoms with Crippen LogP contribution in [0.5, 0.6) is 0 Å². The molecule has 0 heterocycles. The maximum absolute atomic E-state index is 11.5. The van der Waals surface area contributed by atoms with E-state index in [0.29, 0.717) is 11.1 Å². The van der Waals surface area contributed by atoms with Gasteiger partial charge >= 0.3 is 49.7 Å². The van der Waals surface area contributed by atoms with E-state index in [2.05, 4.69) is 9.78 Å². The molecule has 0 atom stereocenters. The van der Waals surface area contributed by atoms with Crippen LogP contribution >= 0.6 is 0 Å². The van der Waals surface area contributed by atoms with E-state index in [4.69, 9.17) is 15.0 Å². The van der Waals surface area contributed by atoms with Crippen LogP contribution in [0.25, 0.3) is 0 Å². The molecule has 8 heteroatoms. The summed E-state index contributed by atoms with van der Waals surface area (Å²) in [6.45, 7) is 0. The summed E-state index contributed by atoms with van der Waals surface area (Å²) in [7, 11) is 0. The van der Waals surface area contributed by atoms with Crippen LogP contribution in [0.2, 0.25) is 0 Å². The Morgan fingerprint density at radius 2 is 0.913 bits per heavy atom. The van der Waals surface area contributed by atoms with Crippen molar-refractivity contribution in [3.8, 4) is 0 Å². The minimum Gasteiger partial charge on any atom is -0.652 e. The Balaban J connectivity index is 0.000000871. The first-order valence-electron chi connectivity index (χ1n) is 5.92. The van der Waals surface area contributed by atoms with Gasteiger partial charge in [-0.05, 0) is 30.4 Å². The number of benzene rings is 2. The summed E-state index contributed by atoms with van der Waals surface area (Å²) in [4.78, 5) is 40.2. The zero-order valence-electron chi connectivity index (χ0n) is 11.8. The molecule has 0 N–H and O–H groups in total. The minimum atomic E-state index is -2.33. The molecule has 0 saturated heterocycles. The summed E-state index contributed by atoms with van der Waals surface area (Å²) in [5.41, 5.74) is 0.636. The SMILES string of the molecule is O=C(OOC(=O)c1ccccc1)c1ccccc1.O=C([O-])[O-].[Ca+2]. The molecular weight excluding hydrogens is 332 g/mol. The Hall–Kier alpha value is -2.09. The zero-order valence-corrected chi connectivity index (χ0v) is 14.0. The van der Waals surface area contributed by atoms with E-state index >= 15 is 0 Å². The normalized spacial score (nSPS) is 8.52. The largest absolute Gasteiger partial charge is 2.00 e. The Labute approximate surface area is 161 Å². The van der Waals surface area contributed by atoms with Gasteiger partial charge in [-0.15, -0.1) is 0 Å². The third kappa shape index (κ3) is 8.82. The number of hydrogen-bond donors (Lipinski definition) is 0. The second-order valence-corrected chi connectivity index (χ2v) is 3.72. The van der Waals surface area contributed by atoms with Crippen molar-refractivity contribution in [1.82, 2.24) is 0 Å². The van der Waals surface area contributed by atoms with Crippen molar-refractivity contribution in [3.63, 3.8) is 0 Å². The van der Waals surface area contributed by atoms with Crippen LogP contribution in [-0.4, -0.2) is 55.8 Å². The Kier molecular flexibility index (Phi) is 10.4. The van der Waals surface area contributed by atoms with Gasteiger partial charge in [-0.3, -0.25) is 0 Å². The molecule has 2 aromatic carbocycles. The number of carbonyl (C=O) groups is 3. The van der Waals surface area contributed by atoms with E-state index in [1.54, 1.807) is 60.7 Å². The first-order chi connectivity index (χ1) is 10.5. The third-order valence-corrected chi connectivity index (χ3v) is 2.21. The number of rotatable bonds is 2. The number of carboxylic acid groups (broad SMARTS) is 2. The fraction of sp³-hybridized carbons (Fsp3) is 0. The molecule has 2 rings (SSSR count). The molecular formula is C15H10CaO7. The molecule has 0 radical (unpaired) electrons. The van der Waals surface area contributed by atoms with Crippen LogP contribution in [0, 0.1) is 0 Å². The van der Waals surface area contributed by atoms with Crippen molar-refractivity contribution < 1.29 is 34.4 Å². The Morgan fingerprint density at radius 3 is 1.17 bits per heavy atom. The molecule has 0 aromatic heterocycles. The van der Waals surface area contributed by atoms with E-state index in [1.807, 2.05) is 0 Å². The first-order valence-corrected chi connectivity index (χ1v) is 5.92. The molecule has 0 fully saturated rings. The quantitative estimate of drug-likeness (QED) is 0.421. The maximum atomic E-state index is 11.5.